The van der Waals surface area contributed by atoms with Crippen LogP contribution in [0.2, 0.25) is 0 Å². The van der Waals surface area contributed by atoms with Gasteiger partial charge in [-0.1, -0.05) is 45.7 Å². The molecule has 0 atom stereocenters. The normalized spacial score (nSPS) is 14.9. The highest BCUT2D eigenvalue weighted by Gasteiger charge is 2.26. The third-order valence-electron chi connectivity index (χ3n) is 4.84. The van der Waals surface area contributed by atoms with Gasteiger partial charge in [0.1, 0.15) is 4.88 Å². The van der Waals surface area contributed by atoms with Crippen LogP contribution in [0.5, 0.6) is 0 Å². The summed E-state index contributed by atoms with van der Waals surface area (Å²) in [6, 6.07) is 6.97. The van der Waals surface area contributed by atoms with Crippen molar-refractivity contribution < 1.29 is 18.3 Å². The maximum absolute atomic E-state index is 13.0. The number of carbonyl (C=O) groups is 1. The van der Waals surface area contributed by atoms with E-state index >= 15 is 0 Å². The van der Waals surface area contributed by atoms with Gasteiger partial charge < -0.3 is 5.11 Å². The smallest absolute Gasteiger partial charge is 0.348 e. The van der Waals surface area contributed by atoms with E-state index in [-0.39, 0.29) is 20.9 Å². The van der Waals surface area contributed by atoms with Crippen molar-refractivity contribution in [3.63, 3.8) is 0 Å². The molecule has 1 aliphatic rings. The van der Waals surface area contributed by atoms with E-state index in [1.54, 1.807) is 11.4 Å². The molecular weight excluding hydrogens is 382 g/mol. The SMILES string of the molecule is CC(C)(C)c1ccc(S(=O)(=O)Nc2ccsc2C(=O)O)c(CCC2CC2)c1. The molecular formula is C20H25NO4S2. The predicted molar refractivity (Wildman–Crippen MR) is 108 cm³/mol. The second kappa shape index (κ2) is 7.28. The Labute approximate surface area is 164 Å². The number of carboxylic acid groups (broad SMARTS) is 1. The Kier molecular flexibility index (Phi) is 5.36. The molecule has 0 unspecified atom stereocenters. The van der Waals surface area contributed by atoms with Crippen LogP contribution < -0.4 is 4.72 Å². The molecule has 1 fully saturated rings. The van der Waals surface area contributed by atoms with Crippen molar-refractivity contribution in [1.29, 1.82) is 0 Å². The predicted octanol–water partition coefficient (Wildman–Crippen LogP) is 4.89. The van der Waals surface area contributed by atoms with Crippen LogP contribution in [0, 0.1) is 5.92 Å². The number of rotatable bonds is 7. The van der Waals surface area contributed by atoms with Crippen molar-refractivity contribution in [2.45, 2.75) is 56.8 Å². The van der Waals surface area contributed by atoms with Crippen LogP contribution in [0.15, 0.2) is 34.5 Å². The average Bonchev–Trinajstić information content (AvgIpc) is 3.29. The Hall–Kier alpha value is -1.86. The number of anilines is 1. The number of hydrogen-bond donors (Lipinski definition) is 2. The lowest BCUT2D eigenvalue weighted by atomic mass is 9.85. The van der Waals surface area contributed by atoms with E-state index in [4.69, 9.17) is 0 Å². The summed E-state index contributed by atoms with van der Waals surface area (Å²) in [5, 5.41) is 10.8. The monoisotopic (exact) mass is 407 g/mol. The highest BCUT2D eigenvalue weighted by atomic mass is 32.2. The summed E-state index contributed by atoms with van der Waals surface area (Å²) in [7, 11) is -3.87. The van der Waals surface area contributed by atoms with Gasteiger partial charge in [0.15, 0.2) is 0 Å². The summed E-state index contributed by atoms with van der Waals surface area (Å²) >= 11 is 0.999. The molecule has 0 amide bonds. The average molecular weight is 408 g/mol. The largest absolute Gasteiger partial charge is 0.477 e. The molecule has 0 radical (unpaired) electrons. The first-order chi connectivity index (χ1) is 12.6. The van der Waals surface area contributed by atoms with Gasteiger partial charge in [0.05, 0.1) is 10.6 Å². The minimum Gasteiger partial charge on any atom is -0.477 e. The fraction of sp³-hybridized carbons (Fsp3) is 0.450. The third kappa shape index (κ3) is 4.71. The highest BCUT2D eigenvalue weighted by Crippen LogP contribution is 2.36. The van der Waals surface area contributed by atoms with Gasteiger partial charge in [-0.15, -0.1) is 11.3 Å². The molecule has 146 valence electrons. The molecule has 1 heterocycles. The van der Waals surface area contributed by atoms with Gasteiger partial charge in [-0.25, -0.2) is 13.2 Å². The molecule has 1 aromatic heterocycles. The quantitative estimate of drug-likeness (QED) is 0.685. The molecule has 0 bridgehead atoms. The number of hydrogen-bond acceptors (Lipinski definition) is 4. The van der Waals surface area contributed by atoms with Gasteiger partial charge in [0, 0.05) is 0 Å². The maximum atomic E-state index is 13.0. The molecule has 2 N–H and O–H groups in total. The number of sulfonamides is 1. The van der Waals surface area contributed by atoms with Crippen molar-refractivity contribution in [3.8, 4) is 0 Å². The van der Waals surface area contributed by atoms with E-state index in [1.165, 1.54) is 18.9 Å². The zero-order valence-corrected chi connectivity index (χ0v) is 17.4. The first-order valence-electron chi connectivity index (χ1n) is 9.05. The number of aromatic carboxylic acids is 1. The first kappa shape index (κ1) is 19.9. The van der Waals surface area contributed by atoms with Crippen LogP contribution in [-0.2, 0) is 21.9 Å². The van der Waals surface area contributed by atoms with Crippen LogP contribution in [0.1, 0.15) is 60.8 Å². The van der Waals surface area contributed by atoms with Crippen LogP contribution in [-0.4, -0.2) is 19.5 Å². The van der Waals surface area contributed by atoms with Gasteiger partial charge in [-0.2, -0.15) is 0 Å². The van der Waals surface area contributed by atoms with Crippen LogP contribution in [0.25, 0.3) is 0 Å². The first-order valence-corrected chi connectivity index (χ1v) is 11.4. The van der Waals surface area contributed by atoms with Gasteiger partial charge in [0.25, 0.3) is 10.0 Å². The molecule has 0 spiro atoms. The second-order valence-corrected chi connectivity index (χ2v) is 10.7. The van der Waals surface area contributed by atoms with Crippen molar-refractivity contribution >= 4 is 33.0 Å². The van der Waals surface area contributed by atoms with E-state index in [0.717, 1.165) is 28.9 Å². The van der Waals surface area contributed by atoms with Crippen molar-refractivity contribution in [3.05, 3.63) is 45.6 Å². The fourth-order valence-corrected chi connectivity index (χ4v) is 5.10. The lowest BCUT2D eigenvalue weighted by molar-refractivity contribution is 0.0703. The van der Waals surface area contributed by atoms with Gasteiger partial charge >= 0.3 is 5.97 Å². The van der Waals surface area contributed by atoms with Crippen LogP contribution in [0.3, 0.4) is 0 Å². The minimum atomic E-state index is -3.87. The van der Waals surface area contributed by atoms with E-state index in [9.17, 15) is 18.3 Å². The Balaban J connectivity index is 1.97. The van der Waals surface area contributed by atoms with Gasteiger partial charge in [-0.05, 0) is 52.8 Å². The Bertz CT molecular complexity index is 951. The fourth-order valence-electron chi connectivity index (χ4n) is 3.02. The summed E-state index contributed by atoms with van der Waals surface area (Å²) in [5.41, 5.74) is 1.93. The van der Waals surface area contributed by atoms with E-state index < -0.39 is 16.0 Å². The molecule has 1 aromatic carbocycles. The summed E-state index contributed by atoms with van der Waals surface area (Å²) in [5.74, 6) is -0.443. The van der Waals surface area contributed by atoms with E-state index in [1.807, 2.05) is 12.1 Å². The summed E-state index contributed by atoms with van der Waals surface area (Å²) in [6.45, 7) is 6.30. The molecule has 5 nitrogen and oxygen atoms in total. The lowest BCUT2D eigenvalue weighted by Gasteiger charge is -2.22. The molecule has 3 rings (SSSR count). The Morgan fingerprint density at radius 1 is 1.26 bits per heavy atom. The molecule has 7 heteroatoms. The van der Waals surface area contributed by atoms with Crippen molar-refractivity contribution in [2.24, 2.45) is 5.92 Å². The number of nitrogens with one attached hydrogen (secondary N) is 1. The molecule has 1 aliphatic carbocycles. The van der Waals surface area contributed by atoms with Crippen LogP contribution in [0.4, 0.5) is 5.69 Å². The summed E-state index contributed by atoms with van der Waals surface area (Å²) in [4.78, 5) is 11.5. The van der Waals surface area contributed by atoms with Gasteiger partial charge in [-0.3, -0.25) is 4.72 Å². The summed E-state index contributed by atoms with van der Waals surface area (Å²) < 4.78 is 28.5. The van der Waals surface area contributed by atoms with E-state index in [0.29, 0.717) is 12.3 Å². The zero-order valence-electron chi connectivity index (χ0n) is 15.8. The third-order valence-corrected chi connectivity index (χ3v) is 7.21. The van der Waals surface area contributed by atoms with Crippen molar-refractivity contribution in [1.82, 2.24) is 0 Å². The molecule has 27 heavy (non-hydrogen) atoms. The second-order valence-electron chi connectivity index (χ2n) is 8.13. The standard InChI is InChI=1S/C20H25NO4S2/c1-20(2,3)15-8-9-17(14(12-15)7-6-13-4-5-13)27(24,25)21-16-10-11-26-18(16)19(22)23/h8-13,21H,4-7H2,1-3H3,(H,22,23). The molecule has 0 aliphatic heterocycles. The zero-order chi connectivity index (χ0) is 19.8. The van der Waals surface area contributed by atoms with Gasteiger partial charge in [0.2, 0.25) is 0 Å². The van der Waals surface area contributed by atoms with Crippen molar-refractivity contribution in [2.75, 3.05) is 4.72 Å². The minimum absolute atomic E-state index is 0.00980. The van der Waals surface area contributed by atoms with E-state index in [2.05, 4.69) is 25.5 Å². The van der Waals surface area contributed by atoms with Crippen LogP contribution >= 0.6 is 11.3 Å². The number of thiophene rings is 1. The number of carboxylic acids is 1. The maximum Gasteiger partial charge on any atom is 0.348 e. The highest BCUT2D eigenvalue weighted by molar-refractivity contribution is 7.92. The Morgan fingerprint density at radius 3 is 2.56 bits per heavy atom. The number of aryl methyl sites for hydroxylation is 1. The molecule has 1 saturated carbocycles. The molecule has 2 aromatic rings. The summed E-state index contributed by atoms with van der Waals surface area (Å²) in [6.07, 6.45) is 4.13. The molecule has 0 saturated heterocycles. The lowest BCUT2D eigenvalue weighted by Crippen LogP contribution is -2.18. The Morgan fingerprint density at radius 2 is 1.96 bits per heavy atom. The topological polar surface area (TPSA) is 83.5 Å². The number of benzene rings is 1.